The molecule has 5 nitrogen and oxygen atoms in total. The third-order valence-electron chi connectivity index (χ3n) is 3.18. The molecule has 0 aliphatic carbocycles. The molecule has 0 amide bonds. The molecule has 0 N–H and O–H groups in total. The van der Waals surface area contributed by atoms with Gasteiger partial charge in [-0.25, -0.2) is 0 Å². The number of aromatic nitrogens is 1. The summed E-state index contributed by atoms with van der Waals surface area (Å²) in [5.74, 6) is 1.15. The summed E-state index contributed by atoms with van der Waals surface area (Å²) in [6, 6.07) is 1.74. The van der Waals surface area contributed by atoms with Gasteiger partial charge < -0.3 is 4.90 Å². The van der Waals surface area contributed by atoms with E-state index < -0.39 is 0 Å². The maximum absolute atomic E-state index is 11.0. The lowest BCUT2D eigenvalue weighted by atomic mass is 9.91. The second kappa shape index (κ2) is 4.69. The molecule has 1 aliphatic rings. The standard InChI is InChI=1S/C12H17N3O2/c1-9-5-10(2)8-14(7-9)11-3-4-13-6-12(11)15(16)17/h3-4,6,9-10H,5,7-8H2,1-2H3. The van der Waals surface area contributed by atoms with E-state index >= 15 is 0 Å². The molecule has 1 aromatic rings. The molecule has 0 bridgehead atoms. The molecule has 1 saturated heterocycles. The van der Waals surface area contributed by atoms with Gasteiger partial charge in [0.2, 0.25) is 0 Å². The summed E-state index contributed by atoms with van der Waals surface area (Å²) in [6.07, 6.45) is 4.14. The highest BCUT2D eigenvalue weighted by atomic mass is 16.6. The third kappa shape index (κ3) is 2.54. The van der Waals surface area contributed by atoms with Crippen LogP contribution in [0, 0.1) is 22.0 Å². The van der Waals surface area contributed by atoms with E-state index in [2.05, 4.69) is 23.7 Å². The van der Waals surface area contributed by atoms with Crippen molar-refractivity contribution >= 4 is 11.4 Å². The highest BCUT2D eigenvalue weighted by Gasteiger charge is 2.26. The first-order valence-electron chi connectivity index (χ1n) is 5.91. The minimum absolute atomic E-state index is 0.105. The average molecular weight is 235 g/mol. The molecule has 1 fully saturated rings. The van der Waals surface area contributed by atoms with E-state index in [9.17, 15) is 10.1 Å². The fourth-order valence-corrected chi connectivity index (χ4v) is 2.65. The number of anilines is 1. The molecule has 2 heterocycles. The van der Waals surface area contributed by atoms with Gasteiger partial charge in [-0.1, -0.05) is 13.8 Å². The van der Waals surface area contributed by atoms with Crippen molar-refractivity contribution in [3.05, 3.63) is 28.6 Å². The Morgan fingerprint density at radius 3 is 2.65 bits per heavy atom. The van der Waals surface area contributed by atoms with Crippen LogP contribution in [0.15, 0.2) is 18.5 Å². The Kier molecular flexibility index (Phi) is 3.26. The topological polar surface area (TPSA) is 59.3 Å². The van der Waals surface area contributed by atoms with Gasteiger partial charge in [0.15, 0.2) is 0 Å². The Morgan fingerprint density at radius 1 is 1.41 bits per heavy atom. The van der Waals surface area contributed by atoms with E-state index in [-0.39, 0.29) is 10.6 Å². The smallest absolute Gasteiger partial charge is 0.310 e. The predicted octanol–water partition coefficient (Wildman–Crippen LogP) is 2.47. The molecule has 0 spiro atoms. The largest absolute Gasteiger partial charge is 0.365 e. The number of nitro groups is 1. The zero-order valence-electron chi connectivity index (χ0n) is 10.2. The molecule has 0 radical (unpaired) electrons. The normalized spacial score (nSPS) is 24.7. The molecule has 2 unspecified atom stereocenters. The number of hydrogen-bond acceptors (Lipinski definition) is 4. The van der Waals surface area contributed by atoms with Crippen LogP contribution in [0.25, 0.3) is 0 Å². The van der Waals surface area contributed by atoms with Crippen molar-refractivity contribution < 1.29 is 4.92 Å². The van der Waals surface area contributed by atoms with Crippen molar-refractivity contribution in [2.45, 2.75) is 20.3 Å². The number of nitrogens with zero attached hydrogens (tertiary/aromatic N) is 3. The molecule has 1 aromatic heterocycles. The third-order valence-corrected chi connectivity index (χ3v) is 3.18. The average Bonchev–Trinajstić information content (AvgIpc) is 2.27. The molecule has 1 aliphatic heterocycles. The zero-order valence-corrected chi connectivity index (χ0v) is 10.2. The van der Waals surface area contributed by atoms with E-state index in [0.29, 0.717) is 17.5 Å². The Balaban J connectivity index is 2.30. The highest BCUT2D eigenvalue weighted by Crippen LogP contribution is 2.31. The van der Waals surface area contributed by atoms with Crippen molar-refractivity contribution in [1.29, 1.82) is 0 Å². The number of piperidine rings is 1. The zero-order chi connectivity index (χ0) is 12.4. The summed E-state index contributed by atoms with van der Waals surface area (Å²) in [7, 11) is 0. The van der Waals surface area contributed by atoms with Gasteiger partial charge in [0.25, 0.3) is 0 Å². The van der Waals surface area contributed by atoms with Gasteiger partial charge >= 0.3 is 5.69 Å². The van der Waals surface area contributed by atoms with Crippen LogP contribution < -0.4 is 4.90 Å². The van der Waals surface area contributed by atoms with Gasteiger partial charge in [0, 0.05) is 19.3 Å². The van der Waals surface area contributed by atoms with Gasteiger partial charge in [-0.15, -0.1) is 0 Å². The quantitative estimate of drug-likeness (QED) is 0.583. The predicted molar refractivity (Wildman–Crippen MR) is 66.0 cm³/mol. The molecule has 92 valence electrons. The van der Waals surface area contributed by atoms with Crippen molar-refractivity contribution in [2.24, 2.45) is 11.8 Å². The van der Waals surface area contributed by atoms with Gasteiger partial charge in [0.1, 0.15) is 11.9 Å². The fraction of sp³-hybridized carbons (Fsp3) is 0.583. The number of pyridine rings is 1. The maximum Gasteiger partial charge on any atom is 0.310 e. The van der Waals surface area contributed by atoms with Crippen LogP contribution in [0.1, 0.15) is 20.3 Å². The fourth-order valence-electron chi connectivity index (χ4n) is 2.65. The second-order valence-electron chi connectivity index (χ2n) is 4.97. The van der Waals surface area contributed by atoms with Crippen LogP contribution in [0.5, 0.6) is 0 Å². The lowest BCUT2D eigenvalue weighted by molar-refractivity contribution is -0.384. The van der Waals surface area contributed by atoms with E-state index in [1.54, 1.807) is 12.3 Å². The molecule has 2 rings (SSSR count). The monoisotopic (exact) mass is 235 g/mol. The summed E-state index contributed by atoms with van der Waals surface area (Å²) in [6.45, 7) is 6.15. The Hall–Kier alpha value is -1.65. The van der Waals surface area contributed by atoms with Gasteiger partial charge in [-0.3, -0.25) is 15.1 Å². The van der Waals surface area contributed by atoms with E-state index in [1.165, 1.54) is 12.6 Å². The molecule has 5 heteroatoms. The van der Waals surface area contributed by atoms with Crippen LogP contribution in [0.3, 0.4) is 0 Å². The summed E-state index contributed by atoms with van der Waals surface area (Å²) in [4.78, 5) is 16.6. The van der Waals surface area contributed by atoms with Crippen LogP contribution in [-0.2, 0) is 0 Å². The molecular formula is C12H17N3O2. The summed E-state index contributed by atoms with van der Waals surface area (Å²) in [5.41, 5.74) is 0.803. The number of rotatable bonds is 2. The van der Waals surface area contributed by atoms with E-state index in [4.69, 9.17) is 0 Å². The first kappa shape index (κ1) is 11.8. The Bertz CT molecular complexity index is 412. The van der Waals surface area contributed by atoms with Crippen molar-refractivity contribution in [3.8, 4) is 0 Å². The van der Waals surface area contributed by atoms with Gasteiger partial charge in [-0.05, 0) is 24.3 Å². The van der Waals surface area contributed by atoms with Crippen LogP contribution in [-0.4, -0.2) is 23.0 Å². The lowest BCUT2D eigenvalue weighted by Crippen LogP contribution is -2.39. The van der Waals surface area contributed by atoms with Crippen molar-refractivity contribution in [1.82, 2.24) is 4.98 Å². The molecule has 2 atom stereocenters. The minimum Gasteiger partial charge on any atom is -0.365 e. The molecular weight excluding hydrogens is 218 g/mol. The van der Waals surface area contributed by atoms with Crippen molar-refractivity contribution in [3.63, 3.8) is 0 Å². The van der Waals surface area contributed by atoms with Gasteiger partial charge in [-0.2, -0.15) is 0 Å². The maximum atomic E-state index is 11.0. The first-order valence-corrected chi connectivity index (χ1v) is 5.91. The summed E-state index contributed by atoms with van der Waals surface area (Å²) in [5, 5.41) is 11.0. The Labute approximate surface area is 101 Å². The summed E-state index contributed by atoms with van der Waals surface area (Å²) < 4.78 is 0. The van der Waals surface area contributed by atoms with Gasteiger partial charge in [0.05, 0.1) is 4.92 Å². The molecule has 0 aromatic carbocycles. The van der Waals surface area contributed by atoms with E-state index in [0.717, 1.165) is 13.1 Å². The van der Waals surface area contributed by atoms with Crippen LogP contribution in [0.4, 0.5) is 11.4 Å². The first-order chi connectivity index (χ1) is 8.08. The molecule has 17 heavy (non-hydrogen) atoms. The number of hydrogen-bond donors (Lipinski definition) is 0. The van der Waals surface area contributed by atoms with Crippen LogP contribution in [0.2, 0.25) is 0 Å². The summed E-state index contributed by atoms with van der Waals surface area (Å²) >= 11 is 0. The van der Waals surface area contributed by atoms with Crippen molar-refractivity contribution in [2.75, 3.05) is 18.0 Å². The second-order valence-corrected chi connectivity index (χ2v) is 4.97. The SMILES string of the molecule is CC1CC(C)CN(c2ccncc2[N+](=O)[O-])C1. The molecule has 0 saturated carbocycles. The lowest BCUT2D eigenvalue weighted by Gasteiger charge is -2.36. The minimum atomic E-state index is -0.355. The van der Waals surface area contributed by atoms with Crippen LogP contribution >= 0.6 is 0 Å². The van der Waals surface area contributed by atoms with E-state index in [1.807, 2.05) is 0 Å². The Morgan fingerprint density at radius 2 is 2.06 bits per heavy atom. The highest BCUT2D eigenvalue weighted by molar-refractivity contribution is 5.61.